The zero-order chi connectivity index (χ0) is 12.7. The molecule has 0 amide bonds. The second-order valence-electron chi connectivity index (χ2n) is 3.82. The first-order chi connectivity index (χ1) is 8.66. The lowest BCUT2D eigenvalue weighted by atomic mass is 10.4. The summed E-state index contributed by atoms with van der Waals surface area (Å²) in [6.45, 7) is 0.408. The molecule has 8 heteroatoms. The number of nitrogens with zero attached hydrogens (tertiary/aromatic N) is 5. The average molecular weight is 326 g/mol. The number of pyridine rings is 1. The minimum atomic E-state index is -0.108. The maximum absolute atomic E-state index is 12.2. The molecule has 3 heterocycles. The van der Waals surface area contributed by atoms with E-state index in [2.05, 4.69) is 30.5 Å². The van der Waals surface area contributed by atoms with Crippen molar-refractivity contribution in [2.24, 2.45) is 7.05 Å². The zero-order valence-electron chi connectivity index (χ0n) is 9.37. The fourth-order valence-corrected chi connectivity index (χ4v) is 2.58. The van der Waals surface area contributed by atoms with Crippen LogP contribution in [0.5, 0.6) is 0 Å². The topological polar surface area (TPSA) is 65.6 Å². The predicted octanol–water partition coefficient (Wildman–Crippen LogP) is 1.40. The quantitative estimate of drug-likeness (QED) is 0.714. The molecular weight excluding hydrogens is 318 g/mol. The summed E-state index contributed by atoms with van der Waals surface area (Å²) in [5.41, 5.74) is 2.11. The van der Waals surface area contributed by atoms with Gasteiger partial charge in [-0.1, -0.05) is 4.49 Å². The highest BCUT2D eigenvalue weighted by Crippen LogP contribution is 2.16. The summed E-state index contributed by atoms with van der Waals surface area (Å²) in [5.74, 6) is 0. The van der Waals surface area contributed by atoms with Gasteiger partial charge in [0.2, 0.25) is 0 Å². The van der Waals surface area contributed by atoms with Crippen molar-refractivity contribution in [1.29, 1.82) is 0 Å². The van der Waals surface area contributed by atoms with E-state index in [4.69, 9.17) is 0 Å². The van der Waals surface area contributed by atoms with Gasteiger partial charge in [-0.25, -0.2) is 9.78 Å². The van der Waals surface area contributed by atoms with Crippen LogP contribution in [-0.2, 0) is 13.6 Å². The molecule has 0 radical (unpaired) electrons. The Balaban J connectivity index is 2.24. The Morgan fingerprint density at radius 2 is 2.33 bits per heavy atom. The van der Waals surface area contributed by atoms with E-state index in [0.29, 0.717) is 12.2 Å². The first kappa shape index (κ1) is 11.5. The zero-order valence-corrected chi connectivity index (χ0v) is 11.8. The number of hydrogen-bond donors (Lipinski definition) is 0. The van der Waals surface area contributed by atoms with E-state index in [1.165, 1.54) is 16.1 Å². The molecule has 3 aromatic rings. The van der Waals surface area contributed by atoms with E-state index in [1.807, 2.05) is 11.4 Å². The van der Waals surface area contributed by atoms with Crippen molar-refractivity contribution in [3.63, 3.8) is 0 Å². The first-order valence-corrected chi connectivity index (χ1v) is 6.76. The summed E-state index contributed by atoms with van der Waals surface area (Å²) in [4.78, 5) is 16.4. The normalized spacial score (nSPS) is 11.2. The van der Waals surface area contributed by atoms with Crippen LogP contribution in [0.15, 0.2) is 26.9 Å². The van der Waals surface area contributed by atoms with Gasteiger partial charge in [-0.2, -0.15) is 0 Å². The van der Waals surface area contributed by atoms with Gasteiger partial charge in [0.25, 0.3) is 0 Å². The van der Waals surface area contributed by atoms with Crippen molar-refractivity contribution in [3.05, 3.63) is 38.3 Å². The van der Waals surface area contributed by atoms with Gasteiger partial charge in [-0.3, -0.25) is 9.13 Å². The van der Waals surface area contributed by atoms with E-state index in [0.717, 1.165) is 15.7 Å². The highest BCUT2D eigenvalue weighted by atomic mass is 79.9. The second-order valence-corrected chi connectivity index (χ2v) is 5.35. The van der Waals surface area contributed by atoms with Gasteiger partial charge in [0.05, 0.1) is 17.8 Å². The highest BCUT2D eigenvalue weighted by Gasteiger charge is 2.13. The Labute approximate surface area is 114 Å². The fourth-order valence-electron chi connectivity index (χ4n) is 1.82. The van der Waals surface area contributed by atoms with Crippen LogP contribution in [0.2, 0.25) is 0 Å². The van der Waals surface area contributed by atoms with Crippen LogP contribution in [0.4, 0.5) is 0 Å². The Bertz CT molecular complexity index is 761. The van der Waals surface area contributed by atoms with Crippen molar-refractivity contribution in [3.8, 4) is 0 Å². The van der Waals surface area contributed by atoms with E-state index < -0.39 is 0 Å². The summed E-state index contributed by atoms with van der Waals surface area (Å²) in [5, 5.41) is 5.79. The van der Waals surface area contributed by atoms with Crippen LogP contribution in [0, 0.1) is 0 Å². The second kappa shape index (κ2) is 4.29. The monoisotopic (exact) mass is 325 g/mol. The number of rotatable bonds is 2. The van der Waals surface area contributed by atoms with E-state index in [1.54, 1.807) is 17.8 Å². The highest BCUT2D eigenvalue weighted by molar-refractivity contribution is 9.10. The third-order valence-electron chi connectivity index (χ3n) is 2.67. The molecule has 92 valence electrons. The summed E-state index contributed by atoms with van der Waals surface area (Å²) in [7, 11) is 1.71. The minimum absolute atomic E-state index is 0.108. The number of aromatic nitrogens is 5. The Hall–Kier alpha value is -1.54. The maximum Gasteiger partial charge on any atom is 0.330 e. The van der Waals surface area contributed by atoms with Crippen molar-refractivity contribution < 1.29 is 0 Å². The van der Waals surface area contributed by atoms with Crippen LogP contribution < -0.4 is 5.69 Å². The summed E-state index contributed by atoms with van der Waals surface area (Å²) >= 11 is 4.64. The Kier molecular flexibility index (Phi) is 2.75. The van der Waals surface area contributed by atoms with Gasteiger partial charge < -0.3 is 0 Å². The molecule has 0 aliphatic heterocycles. The lowest BCUT2D eigenvalue weighted by Crippen LogP contribution is -2.22. The van der Waals surface area contributed by atoms with Gasteiger partial charge >= 0.3 is 5.69 Å². The SMILES string of the molecule is Cn1c(=O)n(Cc2csnn2)c2cc(Br)cnc21. The van der Waals surface area contributed by atoms with Gasteiger partial charge in [0.1, 0.15) is 0 Å². The van der Waals surface area contributed by atoms with E-state index >= 15 is 0 Å². The largest absolute Gasteiger partial charge is 0.330 e. The molecule has 0 aliphatic rings. The molecule has 6 nitrogen and oxygen atoms in total. The molecule has 3 aromatic heterocycles. The Morgan fingerprint density at radius 3 is 3.06 bits per heavy atom. The number of fused-ring (bicyclic) bond motifs is 1. The first-order valence-electron chi connectivity index (χ1n) is 5.13. The van der Waals surface area contributed by atoms with E-state index in [-0.39, 0.29) is 5.69 Å². The van der Waals surface area contributed by atoms with Crippen LogP contribution >= 0.6 is 27.5 Å². The molecule has 0 saturated heterocycles. The number of hydrogen-bond acceptors (Lipinski definition) is 5. The van der Waals surface area contributed by atoms with Crippen LogP contribution in [0.1, 0.15) is 5.69 Å². The Morgan fingerprint density at radius 1 is 1.50 bits per heavy atom. The molecule has 0 saturated carbocycles. The van der Waals surface area contributed by atoms with Gasteiger partial charge in [0.15, 0.2) is 5.65 Å². The van der Waals surface area contributed by atoms with E-state index in [9.17, 15) is 4.79 Å². The van der Waals surface area contributed by atoms with Crippen LogP contribution in [0.25, 0.3) is 11.2 Å². The molecule has 0 bridgehead atoms. The molecule has 0 aromatic carbocycles. The van der Waals surface area contributed by atoms with Gasteiger partial charge in [-0.15, -0.1) is 5.10 Å². The summed E-state index contributed by atoms with van der Waals surface area (Å²) < 4.78 is 7.81. The molecule has 0 aliphatic carbocycles. The molecule has 18 heavy (non-hydrogen) atoms. The number of halogens is 1. The summed E-state index contributed by atoms with van der Waals surface area (Å²) in [6.07, 6.45) is 1.68. The third kappa shape index (κ3) is 1.77. The van der Waals surface area contributed by atoms with Gasteiger partial charge in [0, 0.05) is 23.1 Å². The smallest absolute Gasteiger partial charge is 0.284 e. The minimum Gasteiger partial charge on any atom is -0.284 e. The van der Waals surface area contributed by atoms with Crippen LogP contribution in [-0.4, -0.2) is 23.7 Å². The lowest BCUT2D eigenvalue weighted by Gasteiger charge is -1.99. The predicted molar refractivity (Wildman–Crippen MR) is 71.7 cm³/mol. The molecular formula is C10H8BrN5OS. The van der Waals surface area contributed by atoms with Crippen LogP contribution in [0.3, 0.4) is 0 Å². The maximum atomic E-state index is 12.2. The van der Waals surface area contributed by atoms with Gasteiger partial charge in [-0.05, 0) is 33.5 Å². The van der Waals surface area contributed by atoms with Crippen molar-refractivity contribution >= 4 is 38.6 Å². The molecule has 0 unspecified atom stereocenters. The fraction of sp³-hybridized carbons (Fsp3) is 0.200. The lowest BCUT2D eigenvalue weighted by molar-refractivity contribution is 0.718. The number of imidazole rings is 1. The van der Waals surface area contributed by atoms with Crippen molar-refractivity contribution in [1.82, 2.24) is 23.7 Å². The molecule has 3 rings (SSSR count). The third-order valence-corrected chi connectivity index (χ3v) is 3.65. The average Bonchev–Trinajstić information content (AvgIpc) is 2.93. The molecule has 0 fully saturated rings. The van der Waals surface area contributed by atoms with Crippen molar-refractivity contribution in [2.75, 3.05) is 0 Å². The van der Waals surface area contributed by atoms with Crippen molar-refractivity contribution in [2.45, 2.75) is 6.54 Å². The molecule has 0 N–H and O–H groups in total. The standard InChI is InChI=1S/C10H8BrN5OS/c1-15-9-8(2-6(11)3-12-9)16(10(15)17)4-7-5-18-14-13-7/h2-3,5H,4H2,1H3. The summed E-state index contributed by atoms with van der Waals surface area (Å²) in [6, 6.07) is 1.88. The molecule has 0 spiro atoms. The molecule has 0 atom stereocenters. The number of aryl methyl sites for hydroxylation is 1.